The molecule has 2 aromatic heterocycles. The highest BCUT2D eigenvalue weighted by Gasteiger charge is 2.48. The van der Waals surface area contributed by atoms with Gasteiger partial charge in [0.15, 0.2) is 7.85 Å². The van der Waals surface area contributed by atoms with Crippen molar-refractivity contribution in [3.05, 3.63) is 60.3 Å². The number of alkyl halides is 4. The number of halogens is 4. The number of hydrogen-bond acceptors (Lipinski definition) is 6. The zero-order chi connectivity index (χ0) is 25.9. The van der Waals surface area contributed by atoms with Gasteiger partial charge in [-0.2, -0.15) is 0 Å². The first-order chi connectivity index (χ1) is 17.1. The van der Waals surface area contributed by atoms with Crippen molar-refractivity contribution in [3.8, 4) is 10.4 Å². The van der Waals surface area contributed by atoms with Crippen LogP contribution in [0.3, 0.4) is 0 Å². The lowest BCUT2D eigenvalue weighted by atomic mass is 9.69. The smallest absolute Gasteiger partial charge is 0.277 e. The summed E-state index contributed by atoms with van der Waals surface area (Å²) in [6, 6.07) is 6.04. The third kappa shape index (κ3) is 5.39. The molecule has 0 saturated heterocycles. The third-order valence-electron chi connectivity index (χ3n) is 6.31. The fourth-order valence-corrected chi connectivity index (χ4v) is 4.99. The van der Waals surface area contributed by atoms with Gasteiger partial charge < -0.3 is 5.32 Å². The second-order valence-corrected chi connectivity index (χ2v) is 9.96. The Hall–Kier alpha value is -2.99. The molecule has 1 aromatic carbocycles. The molecule has 3 aromatic rings. The number of benzene rings is 1. The summed E-state index contributed by atoms with van der Waals surface area (Å²) in [4.78, 5) is 40.7. The number of anilines is 1. The average molecular weight is 536 g/mol. The molecule has 0 unspecified atom stereocenters. The third-order valence-corrected chi connectivity index (χ3v) is 7.32. The number of carbonyl (C=O) groups excluding carboxylic acids is 2. The van der Waals surface area contributed by atoms with E-state index in [1.165, 1.54) is 37.9 Å². The van der Waals surface area contributed by atoms with Crippen LogP contribution in [0.25, 0.3) is 10.4 Å². The molecule has 1 saturated carbocycles. The summed E-state index contributed by atoms with van der Waals surface area (Å²) in [5.74, 6) is -4.64. The van der Waals surface area contributed by atoms with Crippen LogP contribution in [0.1, 0.15) is 31.2 Å². The molecule has 1 N–H and O–H groups in total. The molecule has 2 heterocycles. The van der Waals surface area contributed by atoms with Gasteiger partial charge in [0.2, 0.25) is 11.8 Å². The van der Waals surface area contributed by atoms with Gasteiger partial charge in [0.25, 0.3) is 11.5 Å². The fraction of sp³-hybridized carbons (Fsp3) is 0.348. The summed E-state index contributed by atoms with van der Waals surface area (Å²) >= 11 is 7.02. The number of aromatic nitrogens is 3. The van der Waals surface area contributed by atoms with Gasteiger partial charge in [0.05, 0.1) is 10.4 Å². The molecule has 0 spiro atoms. The normalized spacial score (nSPS) is 18.1. The average Bonchev–Trinajstić information content (AvgIpc) is 3.41. The van der Waals surface area contributed by atoms with Crippen molar-refractivity contribution in [2.24, 2.45) is 0 Å². The Morgan fingerprint density at radius 1 is 1.14 bits per heavy atom. The predicted molar refractivity (Wildman–Crippen MR) is 133 cm³/mol. The van der Waals surface area contributed by atoms with E-state index in [2.05, 4.69) is 20.3 Å². The molecular weight excluding hydrogens is 514 g/mol. The van der Waals surface area contributed by atoms with Gasteiger partial charge in [0.1, 0.15) is 11.8 Å². The molecule has 7 nitrogen and oxygen atoms in total. The number of thiazole rings is 1. The molecule has 0 aliphatic heterocycles. The highest BCUT2D eigenvalue weighted by atomic mass is 35.5. The molecule has 4 rings (SSSR count). The second-order valence-electron chi connectivity index (χ2n) is 8.69. The van der Waals surface area contributed by atoms with E-state index in [0.29, 0.717) is 0 Å². The first-order valence-corrected chi connectivity index (χ1v) is 12.5. The topological polar surface area (TPSA) is 88.1 Å². The lowest BCUT2D eigenvalue weighted by Crippen LogP contribution is -2.62. The van der Waals surface area contributed by atoms with Crippen LogP contribution >= 0.6 is 22.9 Å². The number of nitrogens with zero attached hydrogens (tertiary/aromatic N) is 4. The number of nitrogens with one attached hydrogen (secondary N) is 1. The van der Waals surface area contributed by atoms with Crippen LogP contribution in [-0.4, -0.2) is 52.2 Å². The van der Waals surface area contributed by atoms with Gasteiger partial charge in [-0.25, -0.2) is 23.1 Å². The van der Waals surface area contributed by atoms with Gasteiger partial charge in [-0.1, -0.05) is 23.7 Å². The van der Waals surface area contributed by atoms with Crippen LogP contribution in [0.15, 0.2) is 54.7 Å². The number of carbonyl (C=O) groups is 2. The summed E-state index contributed by atoms with van der Waals surface area (Å²) in [5.41, 5.74) is -1.40. The first-order valence-electron chi connectivity index (χ1n) is 11.2. The molecule has 0 radical (unpaired) electrons. The number of hydrogen-bond donors (Lipinski definition) is 1. The minimum atomic E-state index is -2.78. The Morgan fingerprint density at radius 3 is 2.33 bits per heavy atom. The minimum absolute atomic E-state index is 0.0683. The Labute approximate surface area is 215 Å². The van der Waals surface area contributed by atoms with E-state index in [9.17, 15) is 22.8 Å². The molecular formula is C23H22BClF3N5O2S. The highest BCUT2D eigenvalue weighted by molar-refractivity contribution is 7.13. The Bertz CT molecular complexity index is 1190. The van der Waals surface area contributed by atoms with Crippen molar-refractivity contribution in [1.82, 2.24) is 20.3 Å². The molecule has 36 heavy (non-hydrogen) atoms. The molecule has 1 aliphatic carbocycles. The SMILES string of the molecule is B[C@@](C(=O)NC1CCC(F)(F)CC1)(c1cncnc1)N(C(=O)[C@H](F)Cl)c1ccc(-c2cncs2)cc1. The van der Waals surface area contributed by atoms with Gasteiger partial charge >= 0.3 is 0 Å². The first kappa shape index (κ1) is 26.1. The van der Waals surface area contributed by atoms with Crippen molar-refractivity contribution < 1.29 is 22.8 Å². The Morgan fingerprint density at radius 2 is 1.78 bits per heavy atom. The summed E-state index contributed by atoms with van der Waals surface area (Å²) in [6.45, 7) is 0. The maximum absolute atomic E-state index is 14.3. The fourth-order valence-electron chi connectivity index (χ4n) is 4.26. The van der Waals surface area contributed by atoms with Gasteiger partial charge in [-0.3, -0.25) is 19.5 Å². The highest BCUT2D eigenvalue weighted by Crippen LogP contribution is 2.36. The van der Waals surface area contributed by atoms with E-state index >= 15 is 0 Å². The summed E-state index contributed by atoms with van der Waals surface area (Å²) in [7, 11) is 1.42. The van der Waals surface area contributed by atoms with E-state index in [4.69, 9.17) is 11.6 Å². The zero-order valence-corrected chi connectivity index (χ0v) is 20.8. The standard InChI is InChI=1S/C23H22BClF3N5O2S/c24-23(15-9-29-12-30-10-15,21(35)32-16-5-7-22(27,28)8-6-16)33(20(34)19(25)26)17-3-1-14(2-4-17)18-11-31-13-36-18/h1-4,9-13,16,19H,5-8,24H2,(H,32,35)/t19-,23-/m0/s1. The summed E-state index contributed by atoms with van der Waals surface area (Å²) in [5, 5.41) is 2.78. The van der Waals surface area contributed by atoms with Crippen molar-refractivity contribution >= 4 is 48.3 Å². The molecule has 188 valence electrons. The maximum Gasteiger partial charge on any atom is 0.277 e. The molecule has 0 bridgehead atoms. The predicted octanol–water partition coefficient (Wildman–Crippen LogP) is 3.65. The second kappa shape index (κ2) is 10.6. The van der Waals surface area contributed by atoms with Crippen LogP contribution in [0.5, 0.6) is 0 Å². The maximum atomic E-state index is 14.3. The molecule has 1 fully saturated rings. The van der Waals surface area contributed by atoms with Crippen LogP contribution < -0.4 is 10.2 Å². The van der Waals surface area contributed by atoms with Gasteiger partial charge in [0, 0.05) is 48.7 Å². The molecule has 1 aliphatic rings. The Kier molecular flexibility index (Phi) is 7.65. The van der Waals surface area contributed by atoms with E-state index < -0.39 is 34.8 Å². The number of rotatable bonds is 7. The van der Waals surface area contributed by atoms with Crippen molar-refractivity contribution in [2.45, 2.75) is 48.7 Å². The van der Waals surface area contributed by atoms with Gasteiger partial charge in [-0.05, 0) is 30.5 Å². The van der Waals surface area contributed by atoms with Crippen LogP contribution in [-0.2, 0) is 15.0 Å². The van der Waals surface area contributed by atoms with E-state index in [1.807, 2.05) is 0 Å². The van der Waals surface area contributed by atoms with Crippen LogP contribution in [0.2, 0.25) is 0 Å². The van der Waals surface area contributed by atoms with Crippen molar-refractivity contribution in [2.75, 3.05) is 4.90 Å². The lowest BCUT2D eigenvalue weighted by Gasteiger charge is -2.42. The number of amides is 2. The molecule has 13 heteroatoms. The van der Waals surface area contributed by atoms with E-state index in [-0.39, 0.29) is 36.9 Å². The minimum Gasteiger partial charge on any atom is -0.352 e. The lowest BCUT2D eigenvalue weighted by molar-refractivity contribution is -0.130. The quantitative estimate of drug-likeness (QED) is 0.369. The van der Waals surface area contributed by atoms with Crippen LogP contribution in [0.4, 0.5) is 18.9 Å². The molecule has 2 atom stereocenters. The largest absolute Gasteiger partial charge is 0.352 e. The summed E-state index contributed by atoms with van der Waals surface area (Å²) < 4.78 is 41.6. The van der Waals surface area contributed by atoms with E-state index in [1.54, 1.807) is 36.0 Å². The van der Waals surface area contributed by atoms with Gasteiger partial charge in [-0.15, -0.1) is 11.3 Å². The Balaban J connectivity index is 1.75. The zero-order valence-electron chi connectivity index (χ0n) is 19.2. The van der Waals surface area contributed by atoms with Crippen LogP contribution in [0, 0.1) is 0 Å². The van der Waals surface area contributed by atoms with E-state index in [0.717, 1.165) is 15.3 Å². The summed E-state index contributed by atoms with van der Waals surface area (Å²) in [6.07, 6.45) is 5.03. The molecule has 2 amide bonds. The van der Waals surface area contributed by atoms with Crippen molar-refractivity contribution in [3.63, 3.8) is 0 Å². The monoisotopic (exact) mass is 535 g/mol. The van der Waals surface area contributed by atoms with Crippen molar-refractivity contribution in [1.29, 1.82) is 0 Å².